The third kappa shape index (κ3) is 4.57. The van der Waals surface area contributed by atoms with Crippen LogP contribution in [0.1, 0.15) is 32.6 Å². The zero-order valence-electron chi connectivity index (χ0n) is 11.6. The van der Waals surface area contributed by atoms with Crippen molar-refractivity contribution in [3.63, 3.8) is 0 Å². The summed E-state index contributed by atoms with van der Waals surface area (Å²) in [5.74, 6) is 1.45. The molecular formula is C13H27IN4. The van der Waals surface area contributed by atoms with Gasteiger partial charge in [0.05, 0.1) is 0 Å². The first kappa shape index (κ1) is 16.0. The summed E-state index contributed by atoms with van der Waals surface area (Å²) in [6.45, 7) is 6.83. The molecule has 1 aliphatic carbocycles. The van der Waals surface area contributed by atoms with Crippen LogP contribution in [-0.4, -0.2) is 55.0 Å². The molecule has 4 nitrogen and oxygen atoms in total. The summed E-state index contributed by atoms with van der Waals surface area (Å²) in [4.78, 5) is 9.24. The van der Waals surface area contributed by atoms with Crippen molar-refractivity contribution in [3.05, 3.63) is 0 Å². The van der Waals surface area contributed by atoms with Crippen LogP contribution in [0.4, 0.5) is 0 Å². The Morgan fingerprint density at radius 1 is 1.39 bits per heavy atom. The molecule has 18 heavy (non-hydrogen) atoms. The fourth-order valence-electron chi connectivity index (χ4n) is 2.56. The van der Waals surface area contributed by atoms with Gasteiger partial charge in [-0.1, -0.05) is 6.92 Å². The first-order valence-electron chi connectivity index (χ1n) is 6.95. The van der Waals surface area contributed by atoms with Crippen molar-refractivity contribution in [1.82, 2.24) is 9.80 Å². The Bertz CT molecular complexity index is 278. The van der Waals surface area contributed by atoms with E-state index in [9.17, 15) is 0 Å². The van der Waals surface area contributed by atoms with Gasteiger partial charge < -0.3 is 15.5 Å². The standard InChI is InChI=1S/C13H26N4.HI/c1-3-7-17-8-6-11(10-17)9-15-13(14)16(2)12-4-5-12;/h11-12H,3-10H2,1-2H3,(H2,14,15);1H. The Morgan fingerprint density at radius 3 is 2.72 bits per heavy atom. The smallest absolute Gasteiger partial charge is 0.191 e. The molecule has 0 spiro atoms. The minimum absolute atomic E-state index is 0. The second-order valence-corrected chi connectivity index (χ2v) is 5.50. The van der Waals surface area contributed by atoms with Gasteiger partial charge >= 0.3 is 0 Å². The summed E-state index contributed by atoms with van der Waals surface area (Å²) in [5, 5.41) is 0. The lowest BCUT2D eigenvalue weighted by molar-refractivity contribution is 0.326. The molecule has 0 aromatic carbocycles. The van der Waals surface area contributed by atoms with Crippen molar-refractivity contribution in [1.29, 1.82) is 0 Å². The molecule has 0 bridgehead atoms. The Morgan fingerprint density at radius 2 is 2.11 bits per heavy atom. The molecule has 1 saturated carbocycles. The first-order valence-corrected chi connectivity index (χ1v) is 6.95. The highest BCUT2D eigenvalue weighted by atomic mass is 127. The van der Waals surface area contributed by atoms with Gasteiger partial charge in [0.25, 0.3) is 0 Å². The van der Waals surface area contributed by atoms with E-state index in [1.54, 1.807) is 0 Å². The van der Waals surface area contributed by atoms with Gasteiger partial charge in [-0.25, -0.2) is 0 Å². The zero-order valence-corrected chi connectivity index (χ0v) is 14.0. The molecule has 2 aliphatic rings. The van der Waals surface area contributed by atoms with E-state index in [0.29, 0.717) is 12.0 Å². The second-order valence-electron chi connectivity index (χ2n) is 5.50. The molecule has 1 heterocycles. The number of guanidine groups is 1. The van der Waals surface area contributed by atoms with Crippen molar-refractivity contribution in [2.24, 2.45) is 16.6 Å². The van der Waals surface area contributed by atoms with Crippen LogP contribution in [0.2, 0.25) is 0 Å². The number of aliphatic imine (C=N–C) groups is 1. The third-order valence-electron chi connectivity index (χ3n) is 3.88. The Labute approximate surface area is 128 Å². The summed E-state index contributed by atoms with van der Waals surface area (Å²) in [5.41, 5.74) is 5.99. The zero-order chi connectivity index (χ0) is 12.3. The molecule has 1 atom stereocenters. The average molecular weight is 366 g/mol. The van der Waals surface area contributed by atoms with Gasteiger partial charge in [-0.15, -0.1) is 24.0 Å². The summed E-state index contributed by atoms with van der Waals surface area (Å²) < 4.78 is 0. The fraction of sp³-hybridized carbons (Fsp3) is 0.923. The minimum atomic E-state index is 0. The van der Waals surface area contributed by atoms with Gasteiger partial charge in [0.1, 0.15) is 0 Å². The van der Waals surface area contributed by atoms with Crippen LogP contribution < -0.4 is 5.73 Å². The molecule has 1 aliphatic heterocycles. The monoisotopic (exact) mass is 366 g/mol. The molecule has 2 fully saturated rings. The molecule has 0 radical (unpaired) electrons. The maximum atomic E-state index is 5.99. The molecule has 0 aromatic heterocycles. The summed E-state index contributed by atoms with van der Waals surface area (Å²) in [7, 11) is 2.06. The lowest BCUT2D eigenvalue weighted by atomic mass is 10.1. The van der Waals surface area contributed by atoms with Gasteiger partial charge in [0.2, 0.25) is 0 Å². The molecule has 0 aromatic rings. The van der Waals surface area contributed by atoms with E-state index in [2.05, 4.69) is 28.8 Å². The van der Waals surface area contributed by atoms with Crippen LogP contribution in [0.3, 0.4) is 0 Å². The average Bonchev–Trinajstić information content (AvgIpc) is 3.08. The van der Waals surface area contributed by atoms with Crippen LogP contribution in [0.5, 0.6) is 0 Å². The summed E-state index contributed by atoms with van der Waals surface area (Å²) >= 11 is 0. The normalized spacial score (nSPS) is 25.0. The topological polar surface area (TPSA) is 44.9 Å². The highest BCUT2D eigenvalue weighted by Crippen LogP contribution is 2.25. The van der Waals surface area contributed by atoms with Gasteiger partial charge in [0, 0.05) is 26.2 Å². The quantitative estimate of drug-likeness (QED) is 0.458. The van der Waals surface area contributed by atoms with E-state index in [1.807, 2.05) is 0 Å². The van der Waals surface area contributed by atoms with Gasteiger partial charge in [-0.3, -0.25) is 4.99 Å². The number of rotatable bonds is 5. The Kier molecular flexibility index (Phi) is 6.70. The van der Waals surface area contributed by atoms with Crippen molar-refractivity contribution in [3.8, 4) is 0 Å². The van der Waals surface area contributed by atoms with Crippen molar-refractivity contribution in [2.45, 2.75) is 38.6 Å². The number of hydrogen-bond donors (Lipinski definition) is 1. The SMILES string of the molecule is CCCN1CCC(CN=C(N)N(C)C2CC2)C1.I. The second kappa shape index (κ2) is 7.53. The number of nitrogens with two attached hydrogens (primary N) is 1. The van der Waals surface area contributed by atoms with Crippen LogP contribution in [0.15, 0.2) is 4.99 Å². The van der Waals surface area contributed by atoms with E-state index in [4.69, 9.17) is 5.73 Å². The lowest BCUT2D eigenvalue weighted by Gasteiger charge is -2.18. The van der Waals surface area contributed by atoms with E-state index in [0.717, 1.165) is 12.5 Å². The van der Waals surface area contributed by atoms with Crippen LogP contribution in [0.25, 0.3) is 0 Å². The van der Waals surface area contributed by atoms with E-state index in [1.165, 1.54) is 45.3 Å². The van der Waals surface area contributed by atoms with Crippen molar-refractivity contribution in [2.75, 3.05) is 33.2 Å². The maximum Gasteiger partial charge on any atom is 0.191 e. The van der Waals surface area contributed by atoms with Crippen LogP contribution in [0, 0.1) is 5.92 Å². The molecule has 1 saturated heterocycles. The molecule has 106 valence electrons. The summed E-state index contributed by atoms with van der Waals surface area (Å²) in [6, 6.07) is 0.666. The van der Waals surface area contributed by atoms with Gasteiger partial charge in [-0.05, 0) is 44.7 Å². The minimum Gasteiger partial charge on any atom is -0.370 e. The van der Waals surface area contributed by atoms with Gasteiger partial charge in [-0.2, -0.15) is 0 Å². The first-order chi connectivity index (χ1) is 8.20. The molecule has 2 rings (SSSR count). The Hall–Kier alpha value is -0.0400. The summed E-state index contributed by atoms with van der Waals surface area (Å²) in [6.07, 6.45) is 5.09. The third-order valence-corrected chi connectivity index (χ3v) is 3.88. The number of hydrogen-bond acceptors (Lipinski definition) is 2. The van der Waals surface area contributed by atoms with E-state index < -0.39 is 0 Å². The number of likely N-dealkylation sites (tertiary alicyclic amines) is 1. The van der Waals surface area contributed by atoms with Crippen LogP contribution >= 0.6 is 24.0 Å². The molecule has 5 heteroatoms. The predicted molar refractivity (Wildman–Crippen MR) is 87.5 cm³/mol. The maximum absolute atomic E-state index is 5.99. The van der Waals surface area contributed by atoms with Crippen molar-refractivity contribution >= 4 is 29.9 Å². The lowest BCUT2D eigenvalue weighted by Crippen LogP contribution is -2.36. The van der Waals surface area contributed by atoms with E-state index in [-0.39, 0.29) is 24.0 Å². The molecule has 0 amide bonds. The highest BCUT2D eigenvalue weighted by molar-refractivity contribution is 14.0. The molecule has 2 N–H and O–H groups in total. The fourth-order valence-corrected chi connectivity index (χ4v) is 2.56. The Balaban J connectivity index is 0.00000162. The van der Waals surface area contributed by atoms with Gasteiger partial charge in [0.15, 0.2) is 5.96 Å². The largest absolute Gasteiger partial charge is 0.370 e. The highest BCUT2D eigenvalue weighted by Gasteiger charge is 2.27. The number of nitrogens with zero attached hydrogens (tertiary/aromatic N) is 3. The van der Waals surface area contributed by atoms with Crippen LogP contribution in [-0.2, 0) is 0 Å². The predicted octanol–water partition coefficient (Wildman–Crippen LogP) is 1.75. The van der Waals surface area contributed by atoms with Crippen molar-refractivity contribution < 1.29 is 0 Å². The van der Waals surface area contributed by atoms with E-state index >= 15 is 0 Å². The molecule has 1 unspecified atom stereocenters. The number of halogens is 1. The molecular weight excluding hydrogens is 339 g/mol.